The number of hydrogen-bond donors (Lipinski definition) is 2. The van der Waals surface area contributed by atoms with Gasteiger partial charge in [-0.3, -0.25) is 0 Å². The van der Waals surface area contributed by atoms with Gasteiger partial charge in [-0.15, -0.1) is 0 Å². The average Bonchev–Trinajstić information content (AvgIpc) is 1.97. The number of hydrogen-bond acceptors (Lipinski definition) is 3. The van der Waals surface area contributed by atoms with E-state index in [0.29, 0.717) is 0 Å². The molecule has 0 unspecified atom stereocenters. The molecule has 0 saturated heterocycles. The second kappa shape index (κ2) is 2.88. The molecule has 3 nitrogen and oxygen atoms in total. The van der Waals surface area contributed by atoms with Crippen molar-refractivity contribution in [1.82, 2.24) is 4.98 Å². The van der Waals surface area contributed by atoms with Crippen LogP contribution in [0.4, 0.5) is 18.9 Å². The summed E-state index contributed by atoms with van der Waals surface area (Å²) >= 11 is 0. The van der Waals surface area contributed by atoms with Gasteiger partial charge >= 0.3 is 0 Å². The van der Waals surface area contributed by atoms with Gasteiger partial charge in [-0.25, -0.2) is 13.8 Å². The van der Waals surface area contributed by atoms with Crippen LogP contribution in [0.15, 0.2) is 6.20 Å². The largest absolute Gasteiger partial charge is 0.503 e. The van der Waals surface area contributed by atoms with Crippen LogP contribution in [0, 0.1) is 5.95 Å². The van der Waals surface area contributed by atoms with E-state index in [0.717, 1.165) is 6.20 Å². The Bertz CT molecular complexity index is 303. The van der Waals surface area contributed by atoms with Gasteiger partial charge < -0.3 is 10.8 Å². The lowest BCUT2D eigenvalue weighted by atomic mass is 10.2. The summed E-state index contributed by atoms with van der Waals surface area (Å²) in [6, 6.07) is 0. The molecule has 0 fully saturated rings. The van der Waals surface area contributed by atoms with Gasteiger partial charge in [0.1, 0.15) is 0 Å². The molecule has 0 saturated carbocycles. The molecule has 1 heterocycles. The zero-order chi connectivity index (χ0) is 9.30. The minimum atomic E-state index is -3.01. The van der Waals surface area contributed by atoms with Crippen molar-refractivity contribution in [2.75, 3.05) is 5.73 Å². The standard InChI is InChI=1S/C6H5F3N2O/c7-5(8)3-2(10)1-11-6(9)4(3)12/h1,5,12H,10H2. The van der Waals surface area contributed by atoms with E-state index in [1.807, 2.05) is 0 Å². The molecule has 12 heavy (non-hydrogen) atoms. The molecule has 1 aromatic heterocycles. The molecule has 0 aromatic carbocycles. The minimum Gasteiger partial charge on any atom is -0.503 e. The Labute approximate surface area is 65.6 Å². The smallest absolute Gasteiger partial charge is 0.269 e. The maximum Gasteiger partial charge on any atom is 0.269 e. The summed E-state index contributed by atoms with van der Waals surface area (Å²) in [6.45, 7) is 0. The van der Waals surface area contributed by atoms with E-state index in [9.17, 15) is 13.2 Å². The quantitative estimate of drug-likeness (QED) is 0.639. The SMILES string of the molecule is Nc1cnc(F)c(O)c1C(F)F. The molecule has 0 aliphatic rings. The summed E-state index contributed by atoms with van der Waals surface area (Å²) in [5.74, 6) is -2.54. The zero-order valence-electron chi connectivity index (χ0n) is 5.76. The van der Waals surface area contributed by atoms with Gasteiger partial charge in [0.05, 0.1) is 17.4 Å². The fourth-order valence-electron chi connectivity index (χ4n) is 0.734. The molecule has 0 aliphatic carbocycles. The monoisotopic (exact) mass is 178 g/mol. The third kappa shape index (κ3) is 1.27. The molecule has 1 rings (SSSR count). The fraction of sp³-hybridized carbons (Fsp3) is 0.167. The van der Waals surface area contributed by atoms with Gasteiger partial charge in [-0.05, 0) is 0 Å². The van der Waals surface area contributed by atoms with Crippen LogP contribution in [0.25, 0.3) is 0 Å². The summed E-state index contributed by atoms with van der Waals surface area (Å²) in [5, 5.41) is 8.75. The first-order valence-electron chi connectivity index (χ1n) is 2.95. The molecule has 3 N–H and O–H groups in total. The van der Waals surface area contributed by atoms with Crippen LogP contribution in [-0.4, -0.2) is 10.1 Å². The zero-order valence-corrected chi connectivity index (χ0v) is 5.76. The molecule has 0 aliphatic heterocycles. The number of aromatic nitrogens is 1. The second-order valence-electron chi connectivity index (χ2n) is 2.07. The maximum atomic E-state index is 12.4. The van der Waals surface area contributed by atoms with Crippen LogP contribution in [0.5, 0.6) is 5.75 Å². The molecule has 0 bridgehead atoms. The lowest BCUT2D eigenvalue weighted by Crippen LogP contribution is -1.99. The molecule has 0 radical (unpaired) electrons. The summed E-state index contributed by atoms with van der Waals surface area (Å²) in [5.41, 5.74) is 3.68. The molecule has 6 heteroatoms. The van der Waals surface area contributed by atoms with Crippen LogP contribution < -0.4 is 5.73 Å². The van der Waals surface area contributed by atoms with Crippen molar-refractivity contribution >= 4 is 5.69 Å². The molecule has 0 spiro atoms. The predicted octanol–water partition coefficient (Wildman–Crippen LogP) is 1.45. The minimum absolute atomic E-state index is 0.427. The third-order valence-electron chi connectivity index (χ3n) is 1.30. The molecule has 66 valence electrons. The summed E-state index contributed by atoms with van der Waals surface area (Å²) < 4.78 is 36.4. The summed E-state index contributed by atoms with van der Waals surface area (Å²) in [4.78, 5) is 2.95. The van der Waals surface area contributed by atoms with Gasteiger partial charge in [0.2, 0.25) is 0 Å². The number of nitrogen functional groups attached to an aromatic ring is 1. The van der Waals surface area contributed by atoms with Gasteiger partial charge in [0.15, 0.2) is 5.75 Å². The topological polar surface area (TPSA) is 59.1 Å². The van der Waals surface area contributed by atoms with Crippen molar-refractivity contribution in [3.63, 3.8) is 0 Å². The van der Waals surface area contributed by atoms with Crippen molar-refractivity contribution < 1.29 is 18.3 Å². The number of rotatable bonds is 1. The van der Waals surface area contributed by atoms with E-state index in [1.54, 1.807) is 0 Å². The highest BCUT2D eigenvalue weighted by atomic mass is 19.3. The molecule has 0 atom stereocenters. The van der Waals surface area contributed by atoms with Crippen molar-refractivity contribution in [3.8, 4) is 5.75 Å². The number of halogens is 3. The molecule has 1 aromatic rings. The Kier molecular flexibility index (Phi) is 2.07. The number of anilines is 1. The van der Waals surface area contributed by atoms with E-state index in [1.165, 1.54) is 0 Å². The average molecular weight is 178 g/mol. The fourth-order valence-corrected chi connectivity index (χ4v) is 0.734. The number of aromatic hydroxyl groups is 1. The highest BCUT2D eigenvalue weighted by molar-refractivity contribution is 5.52. The van der Waals surface area contributed by atoms with Crippen LogP contribution in [-0.2, 0) is 0 Å². The molecular weight excluding hydrogens is 173 g/mol. The van der Waals surface area contributed by atoms with E-state index < -0.39 is 29.4 Å². The molecule has 0 amide bonds. The molecular formula is C6H5F3N2O. The van der Waals surface area contributed by atoms with Gasteiger partial charge in [-0.1, -0.05) is 0 Å². The van der Waals surface area contributed by atoms with E-state index >= 15 is 0 Å². The second-order valence-corrected chi connectivity index (χ2v) is 2.07. The Morgan fingerprint density at radius 3 is 2.50 bits per heavy atom. The first-order valence-corrected chi connectivity index (χ1v) is 2.95. The normalized spacial score (nSPS) is 10.7. The van der Waals surface area contributed by atoms with E-state index in [2.05, 4.69) is 4.98 Å². The van der Waals surface area contributed by atoms with E-state index in [4.69, 9.17) is 10.8 Å². The first-order chi connectivity index (χ1) is 5.54. The first kappa shape index (κ1) is 8.63. The number of nitrogens with two attached hydrogens (primary N) is 1. The highest BCUT2D eigenvalue weighted by Gasteiger charge is 2.20. The number of nitrogens with zero attached hydrogens (tertiary/aromatic N) is 1. The lowest BCUT2D eigenvalue weighted by molar-refractivity contribution is 0.147. The lowest BCUT2D eigenvalue weighted by Gasteiger charge is -2.05. The van der Waals surface area contributed by atoms with Gasteiger partial charge in [0.25, 0.3) is 12.4 Å². The Morgan fingerprint density at radius 1 is 1.50 bits per heavy atom. The van der Waals surface area contributed by atoms with Crippen LogP contribution in [0.2, 0.25) is 0 Å². The Balaban J connectivity index is 3.33. The number of alkyl halides is 2. The number of pyridine rings is 1. The van der Waals surface area contributed by atoms with Crippen molar-refractivity contribution in [1.29, 1.82) is 0 Å². The van der Waals surface area contributed by atoms with Crippen molar-refractivity contribution in [2.24, 2.45) is 0 Å². The summed E-state index contributed by atoms with van der Waals surface area (Å²) in [7, 11) is 0. The van der Waals surface area contributed by atoms with Crippen LogP contribution in [0.3, 0.4) is 0 Å². The highest BCUT2D eigenvalue weighted by Crippen LogP contribution is 2.33. The summed E-state index contributed by atoms with van der Waals surface area (Å²) in [6.07, 6.45) is -2.28. The van der Waals surface area contributed by atoms with Crippen LogP contribution in [0.1, 0.15) is 12.0 Å². The third-order valence-corrected chi connectivity index (χ3v) is 1.30. The van der Waals surface area contributed by atoms with Crippen molar-refractivity contribution in [3.05, 3.63) is 17.7 Å². The van der Waals surface area contributed by atoms with E-state index in [-0.39, 0.29) is 0 Å². The Hall–Kier alpha value is -1.46. The maximum absolute atomic E-state index is 12.4. The predicted molar refractivity (Wildman–Crippen MR) is 35.2 cm³/mol. The van der Waals surface area contributed by atoms with Crippen LogP contribution >= 0.6 is 0 Å². The Morgan fingerprint density at radius 2 is 2.08 bits per heavy atom. The van der Waals surface area contributed by atoms with Gasteiger partial charge in [-0.2, -0.15) is 4.39 Å². The van der Waals surface area contributed by atoms with Crippen molar-refractivity contribution in [2.45, 2.75) is 6.43 Å². The van der Waals surface area contributed by atoms with Gasteiger partial charge in [0, 0.05) is 0 Å².